The number of hydrogen-bond donors (Lipinski definition) is 7. The van der Waals surface area contributed by atoms with Gasteiger partial charge in [0.05, 0.1) is 22.6 Å². The Balaban J connectivity index is 1.10. The number of amides is 5. The number of hydrogen-bond acceptors (Lipinski definition) is 11. The van der Waals surface area contributed by atoms with Crippen LogP contribution in [0.5, 0.6) is 0 Å². The van der Waals surface area contributed by atoms with Crippen molar-refractivity contribution >= 4 is 70.4 Å². The molecule has 5 amide bonds. The lowest BCUT2D eigenvalue weighted by molar-refractivity contribution is -0.138. The van der Waals surface area contributed by atoms with Crippen molar-refractivity contribution in [2.24, 2.45) is 5.73 Å². The van der Waals surface area contributed by atoms with E-state index in [2.05, 4.69) is 26.6 Å². The van der Waals surface area contributed by atoms with Crippen LogP contribution < -0.4 is 43.4 Å². The number of nitrogens with one attached hydrogen (secondary N) is 5. The van der Waals surface area contributed by atoms with Gasteiger partial charge in [0.15, 0.2) is 0 Å². The average Bonchev–Trinajstić information content (AvgIpc) is 3.85. The van der Waals surface area contributed by atoms with Crippen molar-refractivity contribution < 1.29 is 33.9 Å². The first kappa shape index (κ1) is 40.5. The second-order valence-electron chi connectivity index (χ2n) is 13.1. The summed E-state index contributed by atoms with van der Waals surface area (Å²) in [5.41, 5.74) is 6.10. The van der Waals surface area contributed by atoms with E-state index in [1.165, 1.54) is 44.8 Å². The molecule has 0 fully saturated rings. The van der Waals surface area contributed by atoms with Crippen molar-refractivity contribution in [3.05, 3.63) is 117 Å². The first-order chi connectivity index (χ1) is 27.4. The van der Waals surface area contributed by atoms with Crippen molar-refractivity contribution in [3.63, 3.8) is 0 Å². The number of carboxylic acids is 1. The molecule has 0 saturated heterocycles. The molecule has 2 aliphatic heterocycles. The standard InChI is InChI=1S/C38H38N8O9S2/c39-23(15-21-7-3-1-4-8-21)33(50)43-24-11-13-30-45(37(24)54)27(19-56-30)35(52)40-17-29(47)42-26(16-22-9-5-2-6-10-22)34(51)44-25-12-14-31-46(38(25)55)28(20-57-31)36(53)41-18-32(48)49/h1-14,23,26-28H,15-20,39H2,(H,40,52)(H,41,53)(H,42,47)(H,43,50)(H,44,51)(H,48,49)/t23-,26-,27-,28-/m0/s1. The van der Waals surface area contributed by atoms with Gasteiger partial charge in [0.2, 0.25) is 29.5 Å². The Morgan fingerprint density at radius 1 is 0.667 bits per heavy atom. The van der Waals surface area contributed by atoms with Crippen molar-refractivity contribution in [3.8, 4) is 0 Å². The van der Waals surface area contributed by atoms with E-state index in [4.69, 9.17) is 10.8 Å². The molecule has 2 aromatic carbocycles. The van der Waals surface area contributed by atoms with Gasteiger partial charge in [-0.15, -0.1) is 23.5 Å². The van der Waals surface area contributed by atoms with E-state index in [-0.39, 0.29) is 35.7 Å². The number of nitrogens with two attached hydrogens (primary N) is 1. The summed E-state index contributed by atoms with van der Waals surface area (Å²) in [6, 6.07) is 19.8. The molecule has 6 rings (SSSR count). The maximum absolute atomic E-state index is 13.7. The molecule has 0 bridgehead atoms. The highest BCUT2D eigenvalue weighted by molar-refractivity contribution is 7.99. The fourth-order valence-corrected chi connectivity index (χ4v) is 8.51. The molecule has 296 valence electrons. The summed E-state index contributed by atoms with van der Waals surface area (Å²) in [7, 11) is 0. The number of benzene rings is 2. The molecule has 19 heteroatoms. The van der Waals surface area contributed by atoms with E-state index in [1.54, 1.807) is 42.5 Å². The molecule has 2 aliphatic rings. The smallest absolute Gasteiger partial charge is 0.322 e. The topological polar surface area (TPSA) is 253 Å². The predicted molar refractivity (Wildman–Crippen MR) is 212 cm³/mol. The number of rotatable bonds is 15. The number of anilines is 2. The third kappa shape index (κ3) is 9.80. The second-order valence-corrected chi connectivity index (χ2v) is 15.2. The molecule has 0 unspecified atom stereocenters. The summed E-state index contributed by atoms with van der Waals surface area (Å²) in [5, 5.41) is 22.4. The third-order valence-corrected chi connectivity index (χ3v) is 11.3. The molecule has 0 spiro atoms. The quantitative estimate of drug-likeness (QED) is 0.0867. The Bertz CT molecular complexity index is 2320. The third-order valence-electron chi connectivity index (χ3n) is 9.09. The molecule has 4 aromatic rings. The van der Waals surface area contributed by atoms with Crippen LogP contribution in [0, 0.1) is 0 Å². The van der Waals surface area contributed by atoms with Gasteiger partial charge in [-0.2, -0.15) is 0 Å². The zero-order chi connectivity index (χ0) is 40.6. The summed E-state index contributed by atoms with van der Waals surface area (Å²) in [4.78, 5) is 104. The Morgan fingerprint density at radius 2 is 1.14 bits per heavy atom. The van der Waals surface area contributed by atoms with E-state index in [1.807, 2.05) is 30.3 Å². The van der Waals surface area contributed by atoms with E-state index in [0.29, 0.717) is 15.6 Å². The minimum atomic E-state index is -1.25. The number of pyridine rings is 2. The SMILES string of the molecule is N[C@@H](Cc1ccccc1)C(=O)Nc1ccc2n(c1=O)[C@H](C(=O)NCC(=O)N[C@@H](Cc1ccccc1)C(=O)Nc1ccc3n(c1=O)[C@H](C(=O)NCC(=O)O)CS3)CS2. The lowest BCUT2D eigenvalue weighted by Crippen LogP contribution is -2.50. The van der Waals surface area contributed by atoms with E-state index >= 15 is 0 Å². The first-order valence-corrected chi connectivity index (χ1v) is 19.6. The zero-order valence-electron chi connectivity index (χ0n) is 30.1. The number of thioether (sulfide) groups is 2. The Labute approximate surface area is 333 Å². The molecule has 17 nitrogen and oxygen atoms in total. The van der Waals surface area contributed by atoms with Gasteiger partial charge in [-0.25, -0.2) is 0 Å². The van der Waals surface area contributed by atoms with E-state index in [0.717, 1.165) is 5.56 Å². The van der Waals surface area contributed by atoms with Crippen LogP contribution in [0.25, 0.3) is 0 Å². The minimum Gasteiger partial charge on any atom is -0.480 e. The molecule has 0 saturated carbocycles. The van der Waals surface area contributed by atoms with Crippen LogP contribution in [0.1, 0.15) is 23.2 Å². The molecule has 4 atom stereocenters. The normalized spacial score (nSPS) is 16.3. The van der Waals surface area contributed by atoms with Crippen LogP contribution in [0.3, 0.4) is 0 Å². The van der Waals surface area contributed by atoms with E-state index < -0.39 is 83.9 Å². The monoisotopic (exact) mass is 814 g/mol. The lowest BCUT2D eigenvalue weighted by atomic mass is 10.0. The highest BCUT2D eigenvalue weighted by atomic mass is 32.2. The minimum absolute atomic E-state index is 0.0141. The highest BCUT2D eigenvalue weighted by Crippen LogP contribution is 2.33. The number of fused-ring (bicyclic) bond motifs is 2. The van der Waals surface area contributed by atoms with Crippen molar-refractivity contribution in [1.82, 2.24) is 25.1 Å². The van der Waals surface area contributed by atoms with Crippen LogP contribution in [0.2, 0.25) is 0 Å². The van der Waals surface area contributed by atoms with Crippen LogP contribution in [-0.2, 0) is 41.6 Å². The number of aliphatic carboxylic acids is 1. The van der Waals surface area contributed by atoms with Crippen LogP contribution >= 0.6 is 23.5 Å². The Kier molecular flexibility index (Phi) is 12.9. The van der Waals surface area contributed by atoms with Gasteiger partial charge in [-0.05, 0) is 41.8 Å². The fourth-order valence-electron chi connectivity index (χ4n) is 6.23. The second kappa shape index (κ2) is 18.2. The number of carbonyl (C=O) groups excluding carboxylic acids is 5. The van der Waals surface area contributed by atoms with Gasteiger partial charge in [-0.3, -0.25) is 47.5 Å². The lowest BCUT2D eigenvalue weighted by Gasteiger charge is -2.20. The number of aromatic nitrogens is 2. The number of carbonyl (C=O) groups is 6. The Morgan fingerprint density at radius 3 is 1.65 bits per heavy atom. The molecule has 4 heterocycles. The average molecular weight is 815 g/mol. The number of nitrogens with zero attached hydrogens (tertiary/aromatic N) is 2. The molecular weight excluding hydrogens is 777 g/mol. The van der Waals surface area contributed by atoms with Crippen LogP contribution in [0.4, 0.5) is 11.4 Å². The van der Waals surface area contributed by atoms with Gasteiger partial charge in [0.25, 0.3) is 11.1 Å². The largest absolute Gasteiger partial charge is 0.480 e. The van der Waals surface area contributed by atoms with Crippen molar-refractivity contribution in [1.29, 1.82) is 0 Å². The Hall–Kier alpha value is -6.18. The van der Waals surface area contributed by atoms with Gasteiger partial charge < -0.3 is 37.4 Å². The maximum Gasteiger partial charge on any atom is 0.322 e. The zero-order valence-corrected chi connectivity index (χ0v) is 31.8. The molecule has 0 radical (unpaired) electrons. The molecular formula is C38H38N8O9S2. The maximum atomic E-state index is 13.7. The molecule has 2 aromatic heterocycles. The van der Waals surface area contributed by atoms with E-state index in [9.17, 15) is 38.4 Å². The highest BCUT2D eigenvalue weighted by Gasteiger charge is 2.33. The molecule has 8 N–H and O–H groups in total. The van der Waals surface area contributed by atoms with Crippen LogP contribution in [0.15, 0.2) is 105 Å². The summed E-state index contributed by atoms with van der Waals surface area (Å²) in [6.07, 6.45) is 0.264. The summed E-state index contributed by atoms with van der Waals surface area (Å²) in [6.45, 7) is -1.18. The fraction of sp³-hybridized carbons (Fsp3) is 0.263. The molecule has 57 heavy (non-hydrogen) atoms. The predicted octanol–water partition coefficient (Wildman–Crippen LogP) is 0.495. The van der Waals surface area contributed by atoms with Crippen molar-refractivity contribution in [2.75, 3.05) is 35.2 Å². The summed E-state index contributed by atoms with van der Waals surface area (Å²) < 4.78 is 2.43. The summed E-state index contributed by atoms with van der Waals surface area (Å²) >= 11 is 2.48. The summed E-state index contributed by atoms with van der Waals surface area (Å²) in [5.74, 6) is -4.24. The van der Waals surface area contributed by atoms with Gasteiger partial charge in [0.1, 0.15) is 36.0 Å². The van der Waals surface area contributed by atoms with Crippen LogP contribution in [-0.4, -0.2) is 86.4 Å². The first-order valence-electron chi connectivity index (χ1n) is 17.7. The molecule has 0 aliphatic carbocycles. The van der Waals surface area contributed by atoms with Gasteiger partial charge in [-0.1, -0.05) is 60.7 Å². The van der Waals surface area contributed by atoms with Gasteiger partial charge in [0, 0.05) is 17.9 Å². The van der Waals surface area contributed by atoms with Gasteiger partial charge >= 0.3 is 5.97 Å². The number of carboxylic acid groups (broad SMARTS) is 1. The van der Waals surface area contributed by atoms with Crippen molar-refractivity contribution in [2.45, 2.75) is 47.1 Å².